The average Bonchev–Trinajstić information content (AvgIpc) is 2.96. The van der Waals surface area contributed by atoms with E-state index in [2.05, 4.69) is 4.98 Å². The van der Waals surface area contributed by atoms with Gasteiger partial charge in [-0.3, -0.25) is 4.79 Å². The zero-order valence-corrected chi connectivity index (χ0v) is 14.2. The molecule has 124 valence electrons. The average molecular weight is 344 g/mol. The number of carbonyl (C=O) groups is 1. The number of amides is 1. The minimum absolute atomic E-state index is 0.0634. The fraction of sp³-hybridized carbons (Fsp3) is 0.222. The number of aromatic nitrogens is 1. The number of hydrogen-bond donors (Lipinski definition) is 0. The van der Waals surface area contributed by atoms with Crippen molar-refractivity contribution in [2.24, 2.45) is 0 Å². The Hall–Kier alpha value is -2.34. The van der Waals surface area contributed by atoms with Gasteiger partial charge in [-0.05, 0) is 36.8 Å². The molecule has 24 heavy (non-hydrogen) atoms. The highest BCUT2D eigenvalue weighted by molar-refractivity contribution is 8.00. The molecule has 0 saturated heterocycles. The largest absolute Gasteiger partial charge is 0.431 e. The molecule has 3 rings (SSSR count). The summed E-state index contributed by atoms with van der Waals surface area (Å²) < 4.78 is 18.9. The number of para-hydroxylation sites is 2. The summed E-state index contributed by atoms with van der Waals surface area (Å²) in [5.41, 5.74) is 2.23. The lowest BCUT2D eigenvalue weighted by atomic mass is 10.2. The van der Waals surface area contributed by atoms with Crippen LogP contribution in [0.15, 0.2) is 58.2 Å². The molecule has 0 saturated carbocycles. The number of halogens is 1. The van der Waals surface area contributed by atoms with Crippen LogP contribution in [0.3, 0.4) is 0 Å². The van der Waals surface area contributed by atoms with E-state index in [0.29, 0.717) is 17.4 Å². The van der Waals surface area contributed by atoms with Crippen molar-refractivity contribution >= 4 is 28.8 Å². The van der Waals surface area contributed by atoms with Crippen LogP contribution in [0.5, 0.6) is 0 Å². The van der Waals surface area contributed by atoms with E-state index in [1.165, 1.54) is 23.9 Å². The predicted molar refractivity (Wildman–Crippen MR) is 92.2 cm³/mol. The van der Waals surface area contributed by atoms with E-state index in [-0.39, 0.29) is 17.0 Å². The summed E-state index contributed by atoms with van der Waals surface area (Å²) in [4.78, 5) is 18.4. The van der Waals surface area contributed by atoms with Crippen molar-refractivity contribution in [1.82, 2.24) is 9.88 Å². The number of rotatable bonds is 5. The van der Waals surface area contributed by atoms with Crippen molar-refractivity contribution in [1.29, 1.82) is 0 Å². The molecule has 1 atom stereocenters. The summed E-state index contributed by atoms with van der Waals surface area (Å²) in [7, 11) is 1.70. The van der Waals surface area contributed by atoms with Crippen molar-refractivity contribution in [2.45, 2.75) is 23.9 Å². The van der Waals surface area contributed by atoms with Crippen LogP contribution >= 0.6 is 11.8 Å². The van der Waals surface area contributed by atoms with Crippen molar-refractivity contribution in [2.75, 3.05) is 7.05 Å². The number of benzene rings is 2. The van der Waals surface area contributed by atoms with E-state index >= 15 is 0 Å². The molecule has 0 radical (unpaired) electrons. The Morgan fingerprint density at radius 1 is 1.29 bits per heavy atom. The van der Waals surface area contributed by atoms with Gasteiger partial charge in [0.25, 0.3) is 5.22 Å². The maximum absolute atomic E-state index is 13.2. The number of nitrogens with zero attached hydrogens (tertiary/aromatic N) is 2. The van der Waals surface area contributed by atoms with Crippen molar-refractivity contribution < 1.29 is 13.6 Å². The second kappa shape index (κ2) is 7.05. The first kappa shape index (κ1) is 16.5. The van der Waals surface area contributed by atoms with Crippen molar-refractivity contribution in [3.05, 3.63) is 59.9 Å². The fourth-order valence-electron chi connectivity index (χ4n) is 2.40. The smallest absolute Gasteiger partial charge is 0.257 e. The Morgan fingerprint density at radius 3 is 2.83 bits per heavy atom. The van der Waals surface area contributed by atoms with Crippen LogP contribution in [0.4, 0.5) is 4.39 Å². The molecule has 0 aliphatic heterocycles. The molecule has 0 N–H and O–H groups in total. The van der Waals surface area contributed by atoms with Crippen LogP contribution < -0.4 is 0 Å². The monoisotopic (exact) mass is 344 g/mol. The summed E-state index contributed by atoms with van der Waals surface area (Å²) in [6, 6.07) is 13.7. The molecular formula is C18H17FN2O2S. The Labute approximate surface area is 143 Å². The summed E-state index contributed by atoms with van der Waals surface area (Å²) in [6.07, 6.45) is 0. The molecule has 0 aliphatic carbocycles. The molecule has 1 heterocycles. The van der Waals surface area contributed by atoms with E-state index in [4.69, 9.17) is 4.42 Å². The highest BCUT2D eigenvalue weighted by Crippen LogP contribution is 2.27. The van der Waals surface area contributed by atoms with Crippen molar-refractivity contribution in [3.63, 3.8) is 0 Å². The van der Waals surface area contributed by atoms with Gasteiger partial charge in [0, 0.05) is 13.6 Å². The van der Waals surface area contributed by atoms with Crippen LogP contribution in [0.2, 0.25) is 0 Å². The van der Waals surface area contributed by atoms with Gasteiger partial charge in [-0.15, -0.1) is 0 Å². The van der Waals surface area contributed by atoms with Crippen LogP contribution in [0.1, 0.15) is 12.5 Å². The Bertz CT molecular complexity index is 832. The predicted octanol–water partition coefficient (Wildman–Crippen LogP) is 4.11. The number of fused-ring (bicyclic) bond motifs is 1. The Kier molecular flexibility index (Phi) is 4.85. The molecule has 2 aromatic carbocycles. The Balaban J connectivity index is 1.65. The highest BCUT2D eigenvalue weighted by atomic mass is 32.2. The maximum atomic E-state index is 13.2. The van der Waals surface area contributed by atoms with Gasteiger partial charge in [0.05, 0.1) is 5.25 Å². The van der Waals surface area contributed by atoms with Gasteiger partial charge in [-0.1, -0.05) is 36.0 Å². The highest BCUT2D eigenvalue weighted by Gasteiger charge is 2.21. The molecule has 1 aromatic heterocycles. The maximum Gasteiger partial charge on any atom is 0.257 e. The second-order valence-electron chi connectivity index (χ2n) is 5.53. The quantitative estimate of drug-likeness (QED) is 0.654. The molecule has 0 fully saturated rings. The first-order chi connectivity index (χ1) is 11.5. The van der Waals surface area contributed by atoms with E-state index in [0.717, 1.165) is 11.1 Å². The molecule has 1 amide bonds. The number of oxazole rings is 1. The van der Waals surface area contributed by atoms with E-state index < -0.39 is 0 Å². The lowest BCUT2D eigenvalue weighted by Gasteiger charge is -2.20. The van der Waals surface area contributed by atoms with Crippen LogP contribution in [0, 0.1) is 5.82 Å². The summed E-state index contributed by atoms with van der Waals surface area (Å²) in [5, 5.41) is 0.118. The van der Waals surface area contributed by atoms with Gasteiger partial charge in [0.15, 0.2) is 5.58 Å². The van der Waals surface area contributed by atoms with E-state index in [1.807, 2.05) is 31.2 Å². The third-order valence-corrected chi connectivity index (χ3v) is 4.52. The standard InChI is InChI=1S/C18H17FN2O2S/c1-12(24-18-20-15-8-3-4-9-16(15)23-18)17(22)21(2)11-13-6-5-7-14(19)10-13/h3-10,12H,11H2,1-2H3/t12-/m1/s1. The fourth-order valence-corrected chi connectivity index (χ4v) is 3.27. The van der Waals surface area contributed by atoms with Gasteiger partial charge in [0.1, 0.15) is 11.3 Å². The molecule has 0 aliphatic rings. The lowest BCUT2D eigenvalue weighted by Crippen LogP contribution is -2.32. The summed E-state index contributed by atoms with van der Waals surface area (Å²) in [5.74, 6) is -0.367. The zero-order valence-electron chi connectivity index (χ0n) is 13.4. The molecule has 3 aromatic rings. The molecule has 0 bridgehead atoms. The minimum Gasteiger partial charge on any atom is -0.431 e. The van der Waals surface area contributed by atoms with Gasteiger partial charge in [0.2, 0.25) is 5.91 Å². The molecule has 0 unspecified atom stereocenters. The number of hydrogen-bond acceptors (Lipinski definition) is 4. The molecule has 4 nitrogen and oxygen atoms in total. The normalized spacial score (nSPS) is 12.3. The zero-order chi connectivity index (χ0) is 17.1. The molecular weight excluding hydrogens is 327 g/mol. The van der Waals surface area contributed by atoms with Gasteiger partial charge in [-0.25, -0.2) is 9.37 Å². The SMILES string of the molecule is C[C@@H](Sc1nc2ccccc2o1)C(=O)N(C)Cc1cccc(F)c1. The van der Waals surface area contributed by atoms with Gasteiger partial charge < -0.3 is 9.32 Å². The van der Waals surface area contributed by atoms with Crippen LogP contribution in [0.25, 0.3) is 11.1 Å². The Morgan fingerprint density at radius 2 is 2.08 bits per heavy atom. The van der Waals surface area contributed by atoms with Crippen molar-refractivity contribution in [3.8, 4) is 0 Å². The molecule has 6 heteroatoms. The first-order valence-corrected chi connectivity index (χ1v) is 8.42. The third kappa shape index (κ3) is 3.76. The number of carbonyl (C=O) groups excluding carboxylic acids is 1. The second-order valence-corrected chi connectivity index (χ2v) is 6.82. The first-order valence-electron chi connectivity index (χ1n) is 7.54. The van der Waals surface area contributed by atoms with Gasteiger partial charge >= 0.3 is 0 Å². The summed E-state index contributed by atoms with van der Waals surface area (Å²) >= 11 is 1.28. The topological polar surface area (TPSA) is 46.3 Å². The van der Waals surface area contributed by atoms with Crippen LogP contribution in [-0.2, 0) is 11.3 Å². The van der Waals surface area contributed by atoms with Gasteiger partial charge in [-0.2, -0.15) is 0 Å². The third-order valence-electron chi connectivity index (χ3n) is 3.58. The minimum atomic E-state index is -0.350. The molecule has 0 spiro atoms. The van der Waals surface area contributed by atoms with E-state index in [1.54, 1.807) is 24.1 Å². The van der Waals surface area contributed by atoms with E-state index in [9.17, 15) is 9.18 Å². The number of thioether (sulfide) groups is 1. The van der Waals surface area contributed by atoms with Crippen LogP contribution in [-0.4, -0.2) is 28.1 Å². The lowest BCUT2D eigenvalue weighted by molar-refractivity contribution is -0.129. The summed E-state index contributed by atoms with van der Waals surface area (Å²) in [6.45, 7) is 2.17.